The largest absolute Gasteiger partial charge is 0.333 e. The molecule has 1 aromatic carbocycles. The van der Waals surface area contributed by atoms with Crippen LogP contribution in [-0.2, 0) is 22.7 Å². The van der Waals surface area contributed by atoms with Crippen LogP contribution in [-0.4, -0.2) is 56.8 Å². The quantitative estimate of drug-likeness (QED) is 0.776. The molecule has 0 unspecified atom stereocenters. The van der Waals surface area contributed by atoms with Crippen LogP contribution in [0.3, 0.4) is 0 Å². The summed E-state index contributed by atoms with van der Waals surface area (Å²) in [6, 6.07) is 6.45. The maximum atomic E-state index is 13.1. The number of anilines is 1. The Morgan fingerprint density at radius 1 is 1.16 bits per heavy atom. The lowest BCUT2D eigenvalue weighted by molar-refractivity contribution is -0.135. The van der Waals surface area contributed by atoms with Crippen molar-refractivity contribution in [1.29, 1.82) is 0 Å². The highest BCUT2D eigenvalue weighted by Gasteiger charge is 2.36. The zero-order valence-electron chi connectivity index (χ0n) is 19.3. The number of nitrogens with zero attached hydrogens (tertiary/aromatic N) is 4. The Bertz CT molecular complexity index is 1010. The molecule has 7 heteroatoms. The minimum atomic E-state index is 0.0221. The molecular formula is C25H35N5O2. The van der Waals surface area contributed by atoms with E-state index in [1.54, 1.807) is 0 Å². The summed E-state index contributed by atoms with van der Waals surface area (Å²) in [4.78, 5) is 34.7. The van der Waals surface area contributed by atoms with Gasteiger partial charge >= 0.3 is 0 Å². The van der Waals surface area contributed by atoms with Gasteiger partial charge < -0.3 is 19.7 Å². The first kappa shape index (κ1) is 21.4. The maximum absolute atomic E-state index is 13.1. The molecular weight excluding hydrogens is 402 g/mol. The van der Waals surface area contributed by atoms with Crippen LogP contribution in [0.25, 0.3) is 11.0 Å². The second-order valence-corrected chi connectivity index (χ2v) is 10.2. The predicted molar refractivity (Wildman–Crippen MR) is 125 cm³/mol. The molecule has 7 nitrogen and oxygen atoms in total. The van der Waals surface area contributed by atoms with Crippen LogP contribution in [0.2, 0.25) is 0 Å². The number of benzene rings is 1. The number of aromatic nitrogens is 2. The van der Waals surface area contributed by atoms with Crippen molar-refractivity contribution >= 4 is 28.5 Å². The van der Waals surface area contributed by atoms with Crippen molar-refractivity contribution in [2.45, 2.75) is 71.5 Å². The van der Waals surface area contributed by atoms with E-state index in [9.17, 15) is 9.59 Å². The molecule has 2 amide bonds. The van der Waals surface area contributed by atoms with Crippen molar-refractivity contribution in [3.8, 4) is 0 Å². The number of rotatable bonds is 5. The fourth-order valence-electron chi connectivity index (χ4n) is 5.87. The van der Waals surface area contributed by atoms with E-state index in [4.69, 9.17) is 4.98 Å². The zero-order valence-corrected chi connectivity index (χ0v) is 19.3. The van der Waals surface area contributed by atoms with E-state index in [0.29, 0.717) is 37.4 Å². The Hall–Kier alpha value is -2.41. The molecule has 0 bridgehead atoms. The molecule has 4 heterocycles. The van der Waals surface area contributed by atoms with Gasteiger partial charge in [0.1, 0.15) is 12.4 Å². The van der Waals surface area contributed by atoms with Crippen molar-refractivity contribution in [2.24, 2.45) is 11.8 Å². The number of nitrogens with one attached hydrogen (secondary N) is 1. The normalized spacial score (nSPS) is 24.0. The van der Waals surface area contributed by atoms with Gasteiger partial charge in [-0.05, 0) is 68.8 Å². The highest BCUT2D eigenvalue weighted by atomic mass is 16.2. The van der Waals surface area contributed by atoms with Crippen LogP contribution in [0.5, 0.6) is 0 Å². The second kappa shape index (κ2) is 8.85. The standard InChI is InChI=1S/C25H35N5O2/c1-17(2)12-24(31)26-19-8-9-22-20(13-19)27-23-15-29(25(32)16-30(22)23)14-18-6-5-11-28-10-4-3-7-21(18)28/h8-9,13,17-18,21H,3-7,10-12,14-16H2,1-2H3,(H,26,31)/t18-,21+/m0/s1. The summed E-state index contributed by atoms with van der Waals surface area (Å²) in [6.45, 7) is 8.29. The SMILES string of the molecule is CC(C)CC(=O)Nc1ccc2c(c1)nc1n2CC(=O)N(C[C@@H]2CCCN3CCCC[C@H]23)C1. The first-order valence-corrected chi connectivity index (χ1v) is 12.3. The number of hydrogen-bond donors (Lipinski definition) is 1. The molecule has 2 fully saturated rings. The highest BCUT2D eigenvalue weighted by Crippen LogP contribution is 2.32. The van der Waals surface area contributed by atoms with Crippen LogP contribution in [0.4, 0.5) is 5.69 Å². The third-order valence-electron chi connectivity index (χ3n) is 7.37. The van der Waals surface area contributed by atoms with Crippen LogP contribution in [0.1, 0.15) is 58.2 Å². The van der Waals surface area contributed by atoms with E-state index in [1.807, 2.05) is 41.5 Å². The fourth-order valence-corrected chi connectivity index (χ4v) is 5.87. The number of imidazole rings is 1. The molecule has 1 aromatic heterocycles. The van der Waals surface area contributed by atoms with Gasteiger partial charge in [0.2, 0.25) is 11.8 Å². The average Bonchev–Trinajstić information content (AvgIpc) is 3.10. The van der Waals surface area contributed by atoms with Gasteiger partial charge in [-0.15, -0.1) is 0 Å². The van der Waals surface area contributed by atoms with Crippen molar-refractivity contribution in [3.63, 3.8) is 0 Å². The van der Waals surface area contributed by atoms with Crippen LogP contribution >= 0.6 is 0 Å². The Balaban J connectivity index is 1.31. The van der Waals surface area contributed by atoms with E-state index < -0.39 is 0 Å². The molecule has 0 radical (unpaired) electrons. The molecule has 0 aliphatic carbocycles. The fraction of sp³-hybridized carbons (Fsp3) is 0.640. The van der Waals surface area contributed by atoms with Gasteiger partial charge in [-0.3, -0.25) is 9.59 Å². The minimum Gasteiger partial charge on any atom is -0.333 e. The van der Waals surface area contributed by atoms with Crippen molar-refractivity contribution in [2.75, 3.05) is 25.0 Å². The molecule has 2 saturated heterocycles. The zero-order chi connectivity index (χ0) is 22.2. The number of carbonyl (C=O) groups excluding carboxylic acids is 2. The monoisotopic (exact) mass is 437 g/mol. The van der Waals surface area contributed by atoms with Crippen molar-refractivity contribution < 1.29 is 9.59 Å². The third-order valence-corrected chi connectivity index (χ3v) is 7.37. The number of carbonyl (C=O) groups is 2. The van der Waals surface area contributed by atoms with Crippen molar-refractivity contribution in [1.82, 2.24) is 19.4 Å². The van der Waals surface area contributed by atoms with Gasteiger partial charge in [-0.1, -0.05) is 20.3 Å². The molecule has 172 valence electrons. The summed E-state index contributed by atoms with van der Waals surface area (Å²) in [5.41, 5.74) is 2.57. The Morgan fingerprint density at radius 2 is 2.00 bits per heavy atom. The summed E-state index contributed by atoms with van der Waals surface area (Å²) < 4.78 is 2.04. The topological polar surface area (TPSA) is 70.5 Å². The lowest BCUT2D eigenvalue weighted by Gasteiger charge is -2.46. The summed E-state index contributed by atoms with van der Waals surface area (Å²) >= 11 is 0. The van der Waals surface area contributed by atoms with Gasteiger partial charge in [0.05, 0.1) is 17.6 Å². The van der Waals surface area contributed by atoms with Crippen LogP contribution in [0.15, 0.2) is 18.2 Å². The Kier molecular flexibility index (Phi) is 5.93. The van der Waals surface area contributed by atoms with E-state index in [1.165, 1.54) is 45.2 Å². The first-order chi connectivity index (χ1) is 15.5. The van der Waals surface area contributed by atoms with Gasteiger partial charge in [0.15, 0.2) is 0 Å². The number of hydrogen-bond acceptors (Lipinski definition) is 4. The smallest absolute Gasteiger partial charge is 0.242 e. The number of amides is 2. The minimum absolute atomic E-state index is 0.0221. The van der Waals surface area contributed by atoms with Gasteiger partial charge in [0, 0.05) is 24.7 Å². The van der Waals surface area contributed by atoms with E-state index >= 15 is 0 Å². The number of fused-ring (bicyclic) bond motifs is 4. The third kappa shape index (κ3) is 4.27. The van der Waals surface area contributed by atoms with Crippen LogP contribution < -0.4 is 5.32 Å². The van der Waals surface area contributed by atoms with Gasteiger partial charge in [-0.2, -0.15) is 0 Å². The molecule has 32 heavy (non-hydrogen) atoms. The molecule has 5 rings (SSSR count). The molecule has 3 aliphatic rings. The van der Waals surface area contributed by atoms with Gasteiger partial charge in [-0.25, -0.2) is 4.98 Å². The summed E-state index contributed by atoms with van der Waals surface area (Å²) in [6.07, 6.45) is 6.87. The van der Waals surface area contributed by atoms with Crippen LogP contribution in [0, 0.1) is 11.8 Å². The Morgan fingerprint density at radius 3 is 2.84 bits per heavy atom. The molecule has 3 aliphatic heterocycles. The molecule has 0 spiro atoms. The maximum Gasteiger partial charge on any atom is 0.242 e. The summed E-state index contributed by atoms with van der Waals surface area (Å²) in [5.74, 6) is 2.06. The lowest BCUT2D eigenvalue weighted by Crippen LogP contribution is -2.52. The highest BCUT2D eigenvalue weighted by molar-refractivity contribution is 5.93. The first-order valence-electron chi connectivity index (χ1n) is 12.3. The second-order valence-electron chi connectivity index (χ2n) is 10.2. The molecule has 1 N–H and O–H groups in total. The van der Waals surface area contributed by atoms with E-state index in [0.717, 1.165) is 29.1 Å². The molecule has 2 aromatic rings. The lowest BCUT2D eigenvalue weighted by atomic mass is 9.83. The van der Waals surface area contributed by atoms with Crippen molar-refractivity contribution in [3.05, 3.63) is 24.0 Å². The predicted octanol–water partition coefficient (Wildman–Crippen LogP) is 3.63. The molecule has 2 atom stereocenters. The van der Waals surface area contributed by atoms with E-state index in [-0.39, 0.29) is 11.8 Å². The summed E-state index contributed by atoms with van der Waals surface area (Å²) in [7, 11) is 0. The van der Waals surface area contributed by atoms with E-state index in [2.05, 4.69) is 10.2 Å². The average molecular weight is 438 g/mol. The van der Waals surface area contributed by atoms with Gasteiger partial charge in [0.25, 0.3) is 0 Å². The molecule has 0 saturated carbocycles. The number of piperidine rings is 2. The Labute approximate surface area is 190 Å². The summed E-state index contributed by atoms with van der Waals surface area (Å²) in [5, 5.41) is 2.97.